The Balaban J connectivity index is 2.19. The highest BCUT2D eigenvalue weighted by molar-refractivity contribution is 6.33. The molecule has 0 unspecified atom stereocenters. The van der Waals surface area contributed by atoms with Gasteiger partial charge in [0.05, 0.1) is 29.0 Å². The van der Waals surface area contributed by atoms with Crippen LogP contribution < -0.4 is 11.1 Å². The summed E-state index contributed by atoms with van der Waals surface area (Å²) in [4.78, 5) is 22.9. The van der Waals surface area contributed by atoms with Crippen LogP contribution in [0.1, 0.15) is 16.1 Å². The number of amides is 2. The van der Waals surface area contributed by atoms with Gasteiger partial charge in [-0.25, -0.2) is 0 Å². The number of nitrogens with one attached hydrogen (secondary N) is 1. The van der Waals surface area contributed by atoms with Crippen molar-refractivity contribution in [2.24, 2.45) is 5.73 Å². The monoisotopic (exact) mass is 278 g/mol. The average molecular weight is 279 g/mol. The van der Waals surface area contributed by atoms with Gasteiger partial charge in [0, 0.05) is 0 Å². The minimum Gasteiger partial charge on any atom is -0.468 e. The summed E-state index contributed by atoms with van der Waals surface area (Å²) in [6.07, 6.45) is 1.21. The van der Waals surface area contributed by atoms with Gasteiger partial charge < -0.3 is 15.5 Å². The summed E-state index contributed by atoms with van der Waals surface area (Å²) in [6.45, 7) is 0. The van der Waals surface area contributed by atoms with Crippen LogP contribution in [0.4, 0.5) is 5.69 Å². The quantitative estimate of drug-likeness (QED) is 0.899. The number of hydrogen-bond acceptors (Lipinski definition) is 3. The van der Waals surface area contributed by atoms with Crippen molar-refractivity contribution in [1.29, 1.82) is 0 Å². The molecule has 1 heterocycles. The van der Waals surface area contributed by atoms with Crippen molar-refractivity contribution >= 4 is 29.1 Å². The summed E-state index contributed by atoms with van der Waals surface area (Å²) >= 11 is 5.94. The van der Waals surface area contributed by atoms with Gasteiger partial charge in [-0.05, 0) is 18.2 Å². The predicted octanol–water partition coefficient (Wildman–Crippen LogP) is 2.21. The second-order valence-corrected chi connectivity index (χ2v) is 4.24. The van der Waals surface area contributed by atoms with Crippen molar-refractivity contribution in [3.63, 3.8) is 0 Å². The molecule has 3 N–H and O–H groups in total. The molecule has 0 aliphatic heterocycles. The largest absolute Gasteiger partial charge is 0.468 e. The van der Waals surface area contributed by atoms with Crippen LogP contribution in [-0.2, 0) is 11.2 Å². The average Bonchev–Trinajstić information content (AvgIpc) is 2.79. The maximum Gasteiger partial charge on any atom is 0.259 e. The van der Waals surface area contributed by atoms with Crippen molar-refractivity contribution in [1.82, 2.24) is 0 Å². The van der Waals surface area contributed by atoms with E-state index in [9.17, 15) is 9.59 Å². The highest BCUT2D eigenvalue weighted by Crippen LogP contribution is 2.22. The smallest absolute Gasteiger partial charge is 0.259 e. The molecule has 0 aliphatic rings. The second-order valence-electron chi connectivity index (χ2n) is 3.83. The topological polar surface area (TPSA) is 85.3 Å². The van der Waals surface area contributed by atoms with Gasteiger partial charge in [-0.2, -0.15) is 0 Å². The number of furan rings is 1. The minimum absolute atomic E-state index is 0.127. The van der Waals surface area contributed by atoms with E-state index in [-0.39, 0.29) is 17.7 Å². The normalized spacial score (nSPS) is 10.2. The Morgan fingerprint density at radius 1 is 1.26 bits per heavy atom. The third-order valence-electron chi connectivity index (χ3n) is 2.45. The van der Waals surface area contributed by atoms with Gasteiger partial charge in [0.2, 0.25) is 5.91 Å². The molecule has 0 atom stereocenters. The maximum absolute atomic E-state index is 12.0. The third kappa shape index (κ3) is 3.14. The number of benzene rings is 1. The number of para-hydroxylation sites is 1. The fraction of sp³-hybridized carbons (Fsp3) is 0.0769. The molecule has 0 saturated carbocycles. The predicted molar refractivity (Wildman–Crippen MR) is 71.0 cm³/mol. The molecule has 98 valence electrons. The van der Waals surface area contributed by atoms with E-state index in [0.717, 1.165) is 0 Å². The van der Waals surface area contributed by atoms with E-state index in [2.05, 4.69) is 5.32 Å². The fourth-order valence-corrected chi connectivity index (χ4v) is 1.77. The first-order chi connectivity index (χ1) is 9.08. The highest BCUT2D eigenvalue weighted by Gasteiger charge is 2.17. The lowest BCUT2D eigenvalue weighted by molar-refractivity contribution is -0.117. The van der Waals surface area contributed by atoms with Crippen LogP contribution in [0.2, 0.25) is 5.02 Å². The standard InChI is InChI=1S/C13H11ClN2O3/c14-9-3-1-2-4-10(9)16-13(18)8-5-6-19-11(8)7-12(15)17/h1-6H,7H2,(H2,15,17)(H,16,18). The maximum atomic E-state index is 12.0. The Kier molecular flexibility index (Phi) is 3.87. The van der Waals surface area contributed by atoms with Gasteiger partial charge in [-0.1, -0.05) is 23.7 Å². The molecule has 6 heteroatoms. The Morgan fingerprint density at radius 3 is 2.68 bits per heavy atom. The number of halogens is 1. The van der Waals surface area contributed by atoms with E-state index in [1.807, 2.05) is 0 Å². The van der Waals surface area contributed by atoms with E-state index in [0.29, 0.717) is 10.7 Å². The lowest BCUT2D eigenvalue weighted by Crippen LogP contribution is -2.18. The highest BCUT2D eigenvalue weighted by atomic mass is 35.5. The second kappa shape index (κ2) is 5.58. The molecule has 0 fully saturated rings. The summed E-state index contributed by atoms with van der Waals surface area (Å²) in [5.41, 5.74) is 5.83. The molecule has 2 amide bonds. The molecule has 0 spiro atoms. The number of nitrogens with two attached hydrogens (primary N) is 1. The molecular formula is C13H11ClN2O3. The molecule has 2 aromatic rings. The van der Waals surface area contributed by atoms with Gasteiger partial charge in [-0.3, -0.25) is 9.59 Å². The number of primary amides is 1. The van der Waals surface area contributed by atoms with Crippen molar-refractivity contribution in [2.75, 3.05) is 5.32 Å². The number of rotatable bonds is 4. The molecule has 5 nitrogen and oxygen atoms in total. The minimum atomic E-state index is -0.568. The van der Waals surface area contributed by atoms with Crippen LogP contribution in [-0.4, -0.2) is 11.8 Å². The molecular weight excluding hydrogens is 268 g/mol. The van der Waals surface area contributed by atoms with E-state index >= 15 is 0 Å². The first kappa shape index (κ1) is 13.2. The van der Waals surface area contributed by atoms with Gasteiger partial charge >= 0.3 is 0 Å². The lowest BCUT2D eigenvalue weighted by Gasteiger charge is -2.06. The van der Waals surface area contributed by atoms with Gasteiger partial charge in [-0.15, -0.1) is 0 Å². The number of carbonyl (C=O) groups is 2. The zero-order valence-corrected chi connectivity index (χ0v) is 10.6. The first-order valence-electron chi connectivity index (χ1n) is 5.48. The van der Waals surface area contributed by atoms with E-state index < -0.39 is 11.8 Å². The number of anilines is 1. The van der Waals surface area contributed by atoms with E-state index in [1.54, 1.807) is 24.3 Å². The third-order valence-corrected chi connectivity index (χ3v) is 2.78. The van der Waals surface area contributed by atoms with Gasteiger partial charge in [0.25, 0.3) is 5.91 Å². The Labute approximate surface area is 114 Å². The zero-order chi connectivity index (χ0) is 13.8. The van der Waals surface area contributed by atoms with Crippen molar-refractivity contribution in [3.05, 3.63) is 52.9 Å². The number of carbonyl (C=O) groups excluding carboxylic acids is 2. The van der Waals surface area contributed by atoms with Crippen molar-refractivity contribution in [2.45, 2.75) is 6.42 Å². The van der Waals surface area contributed by atoms with Crippen LogP contribution in [0.15, 0.2) is 41.0 Å². The Hall–Kier alpha value is -2.27. The Bertz CT molecular complexity index is 622. The molecule has 2 rings (SSSR count). The molecule has 1 aromatic heterocycles. The molecule has 0 radical (unpaired) electrons. The van der Waals surface area contributed by atoms with E-state index in [4.69, 9.17) is 21.8 Å². The van der Waals surface area contributed by atoms with Gasteiger partial charge in [0.15, 0.2) is 0 Å². The zero-order valence-electron chi connectivity index (χ0n) is 9.85. The number of hydrogen-bond donors (Lipinski definition) is 2. The molecule has 0 saturated heterocycles. The molecule has 1 aromatic carbocycles. The molecule has 0 bridgehead atoms. The van der Waals surface area contributed by atoms with Gasteiger partial charge in [0.1, 0.15) is 5.76 Å². The molecule has 0 aliphatic carbocycles. The summed E-state index contributed by atoms with van der Waals surface area (Å²) in [5, 5.41) is 3.07. The van der Waals surface area contributed by atoms with Crippen LogP contribution >= 0.6 is 11.6 Å². The van der Waals surface area contributed by atoms with Crippen LogP contribution in [0, 0.1) is 0 Å². The summed E-state index contributed by atoms with van der Waals surface area (Å²) < 4.78 is 5.07. The van der Waals surface area contributed by atoms with Crippen molar-refractivity contribution < 1.29 is 14.0 Å². The summed E-state index contributed by atoms with van der Waals surface area (Å²) in [7, 11) is 0. The van der Waals surface area contributed by atoms with E-state index in [1.165, 1.54) is 12.3 Å². The summed E-state index contributed by atoms with van der Waals surface area (Å²) in [6, 6.07) is 8.32. The SMILES string of the molecule is NC(=O)Cc1occc1C(=O)Nc1ccccc1Cl. The summed E-state index contributed by atoms with van der Waals surface area (Å²) in [5.74, 6) is -0.739. The fourth-order valence-electron chi connectivity index (χ4n) is 1.59. The first-order valence-corrected chi connectivity index (χ1v) is 5.86. The van der Waals surface area contributed by atoms with Crippen LogP contribution in [0.25, 0.3) is 0 Å². The Morgan fingerprint density at radius 2 is 2.00 bits per heavy atom. The van der Waals surface area contributed by atoms with Crippen molar-refractivity contribution in [3.8, 4) is 0 Å². The van der Waals surface area contributed by atoms with Crippen LogP contribution in [0.5, 0.6) is 0 Å². The van der Waals surface area contributed by atoms with Crippen LogP contribution in [0.3, 0.4) is 0 Å². The lowest BCUT2D eigenvalue weighted by atomic mass is 10.2. The molecule has 19 heavy (non-hydrogen) atoms.